The lowest BCUT2D eigenvalue weighted by Crippen LogP contribution is -2.36. The van der Waals surface area contributed by atoms with Crippen molar-refractivity contribution in [3.63, 3.8) is 0 Å². The lowest BCUT2D eigenvalue weighted by molar-refractivity contribution is 0.0873. The molecule has 1 atom stereocenters. The van der Waals surface area contributed by atoms with Crippen LogP contribution in [-0.4, -0.2) is 43.8 Å². The average molecular weight is 250 g/mol. The fraction of sp³-hybridized carbons (Fsp3) is 0.643. The van der Waals surface area contributed by atoms with Crippen molar-refractivity contribution in [3.05, 3.63) is 23.9 Å². The largest absolute Gasteiger partial charge is 0.481 e. The van der Waals surface area contributed by atoms with Crippen molar-refractivity contribution in [3.8, 4) is 5.88 Å². The van der Waals surface area contributed by atoms with E-state index in [1.165, 1.54) is 24.9 Å². The summed E-state index contributed by atoms with van der Waals surface area (Å²) in [6, 6.07) is 4.01. The second kappa shape index (κ2) is 6.71. The molecule has 0 N–H and O–H groups in total. The number of rotatable bonds is 5. The standard InChI is InChI=1S/C14H22N2O2/c1-17-11-13-4-3-7-16(10-13)9-12-5-6-14(18-2)15-8-12/h5-6,8,13H,3-4,7,9-11H2,1-2H3/t13-/m0/s1. The molecular formula is C14H22N2O2. The van der Waals surface area contributed by atoms with Crippen LogP contribution in [0.2, 0.25) is 0 Å². The van der Waals surface area contributed by atoms with Gasteiger partial charge in [-0.25, -0.2) is 4.98 Å². The van der Waals surface area contributed by atoms with Crippen LogP contribution in [0.15, 0.2) is 18.3 Å². The first-order chi connectivity index (χ1) is 8.81. The third kappa shape index (κ3) is 3.68. The molecule has 0 amide bonds. The fourth-order valence-electron chi connectivity index (χ4n) is 2.55. The summed E-state index contributed by atoms with van der Waals surface area (Å²) in [6.07, 6.45) is 4.45. The Bertz CT molecular complexity index is 351. The van der Waals surface area contributed by atoms with Crippen LogP contribution in [-0.2, 0) is 11.3 Å². The highest BCUT2D eigenvalue weighted by atomic mass is 16.5. The van der Waals surface area contributed by atoms with Gasteiger partial charge in [-0.2, -0.15) is 0 Å². The lowest BCUT2D eigenvalue weighted by Gasteiger charge is -2.32. The summed E-state index contributed by atoms with van der Waals surface area (Å²) in [6.45, 7) is 4.14. The predicted octanol–water partition coefficient (Wildman–Crippen LogP) is 1.95. The molecule has 1 aliphatic heterocycles. The lowest BCUT2D eigenvalue weighted by atomic mass is 9.98. The third-order valence-electron chi connectivity index (χ3n) is 3.42. The number of hydrogen-bond donors (Lipinski definition) is 0. The molecule has 1 aliphatic rings. The number of likely N-dealkylation sites (tertiary alicyclic amines) is 1. The third-order valence-corrected chi connectivity index (χ3v) is 3.42. The average Bonchev–Trinajstić information content (AvgIpc) is 2.40. The second-order valence-electron chi connectivity index (χ2n) is 4.91. The second-order valence-corrected chi connectivity index (χ2v) is 4.91. The number of piperidine rings is 1. The van der Waals surface area contributed by atoms with E-state index in [9.17, 15) is 0 Å². The van der Waals surface area contributed by atoms with Crippen LogP contribution >= 0.6 is 0 Å². The molecule has 2 heterocycles. The normalized spacial score (nSPS) is 20.9. The quantitative estimate of drug-likeness (QED) is 0.800. The summed E-state index contributed by atoms with van der Waals surface area (Å²) < 4.78 is 10.3. The van der Waals surface area contributed by atoms with E-state index in [2.05, 4.69) is 16.0 Å². The first kappa shape index (κ1) is 13.3. The minimum Gasteiger partial charge on any atom is -0.481 e. The summed E-state index contributed by atoms with van der Waals surface area (Å²) >= 11 is 0. The highest BCUT2D eigenvalue weighted by Gasteiger charge is 2.19. The molecule has 1 saturated heterocycles. The fourth-order valence-corrected chi connectivity index (χ4v) is 2.55. The molecular weight excluding hydrogens is 228 g/mol. The van der Waals surface area contributed by atoms with Crippen molar-refractivity contribution < 1.29 is 9.47 Å². The first-order valence-corrected chi connectivity index (χ1v) is 6.52. The molecule has 0 spiro atoms. The number of ether oxygens (including phenoxy) is 2. The van der Waals surface area contributed by atoms with Crippen LogP contribution in [0.25, 0.3) is 0 Å². The van der Waals surface area contributed by atoms with Gasteiger partial charge in [0.1, 0.15) is 0 Å². The van der Waals surface area contributed by atoms with E-state index < -0.39 is 0 Å². The van der Waals surface area contributed by atoms with E-state index >= 15 is 0 Å². The molecule has 0 unspecified atom stereocenters. The zero-order valence-electron chi connectivity index (χ0n) is 11.3. The number of nitrogens with zero attached hydrogens (tertiary/aromatic N) is 2. The van der Waals surface area contributed by atoms with Crippen molar-refractivity contribution in [2.45, 2.75) is 19.4 Å². The van der Waals surface area contributed by atoms with Gasteiger partial charge >= 0.3 is 0 Å². The summed E-state index contributed by atoms with van der Waals surface area (Å²) in [5.41, 5.74) is 1.24. The van der Waals surface area contributed by atoms with Gasteiger partial charge in [-0.3, -0.25) is 4.90 Å². The molecule has 18 heavy (non-hydrogen) atoms. The zero-order chi connectivity index (χ0) is 12.8. The van der Waals surface area contributed by atoms with Gasteiger partial charge < -0.3 is 9.47 Å². The summed E-state index contributed by atoms with van der Waals surface area (Å²) in [4.78, 5) is 6.73. The molecule has 0 bridgehead atoms. The van der Waals surface area contributed by atoms with Crippen LogP contribution in [0.4, 0.5) is 0 Å². The van der Waals surface area contributed by atoms with Crippen molar-refractivity contribution in [1.29, 1.82) is 0 Å². The van der Waals surface area contributed by atoms with Gasteiger partial charge in [-0.05, 0) is 30.9 Å². The molecule has 0 radical (unpaired) electrons. The molecule has 0 aliphatic carbocycles. The highest BCUT2D eigenvalue weighted by Crippen LogP contribution is 2.19. The molecule has 4 heteroatoms. The van der Waals surface area contributed by atoms with Gasteiger partial charge in [0.25, 0.3) is 0 Å². The van der Waals surface area contributed by atoms with Crippen LogP contribution in [0, 0.1) is 5.92 Å². The van der Waals surface area contributed by atoms with Gasteiger partial charge in [-0.1, -0.05) is 6.07 Å². The van der Waals surface area contributed by atoms with Gasteiger partial charge in [0.2, 0.25) is 5.88 Å². The predicted molar refractivity (Wildman–Crippen MR) is 70.7 cm³/mol. The Kier molecular flexibility index (Phi) is 4.96. The molecule has 0 saturated carbocycles. The SMILES string of the molecule is COC[C@H]1CCCN(Cc2ccc(OC)nc2)C1. The Labute approximate surface area is 109 Å². The van der Waals surface area contributed by atoms with E-state index in [-0.39, 0.29) is 0 Å². The molecule has 100 valence electrons. The summed E-state index contributed by atoms with van der Waals surface area (Å²) in [7, 11) is 3.42. The van der Waals surface area contributed by atoms with E-state index in [1.807, 2.05) is 12.3 Å². The Balaban J connectivity index is 1.87. The van der Waals surface area contributed by atoms with Crippen LogP contribution in [0.5, 0.6) is 5.88 Å². The van der Waals surface area contributed by atoms with Crippen molar-refractivity contribution in [2.24, 2.45) is 5.92 Å². The molecule has 0 aromatic carbocycles. The Morgan fingerprint density at radius 1 is 1.39 bits per heavy atom. The Morgan fingerprint density at radius 3 is 2.94 bits per heavy atom. The summed E-state index contributed by atoms with van der Waals surface area (Å²) in [5, 5.41) is 0. The van der Waals surface area contributed by atoms with Crippen LogP contribution in [0.3, 0.4) is 0 Å². The van der Waals surface area contributed by atoms with Crippen molar-refractivity contribution in [1.82, 2.24) is 9.88 Å². The maximum atomic E-state index is 5.25. The van der Waals surface area contributed by atoms with Gasteiger partial charge in [0, 0.05) is 32.5 Å². The molecule has 4 nitrogen and oxygen atoms in total. The van der Waals surface area contributed by atoms with Crippen LogP contribution < -0.4 is 4.74 Å². The van der Waals surface area contributed by atoms with E-state index in [4.69, 9.17) is 9.47 Å². The number of pyridine rings is 1. The summed E-state index contributed by atoms with van der Waals surface area (Å²) in [5.74, 6) is 1.35. The minimum absolute atomic E-state index is 0.676. The Hall–Kier alpha value is -1.13. The van der Waals surface area contributed by atoms with Gasteiger partial charge in [0.05, 0.1) is 13.7 Å². The topological polar surface area (TPSA) is 34.6 Å². The molecule has 2 rings (SSSR count). The van der Waals surface area contributed by atoms with E-state index in [0.29, 0.717) is 11.8 Å². The van der Waals surface area contributed by atoms with Gasteiger partial charge in [0.15, 0.2) is 0 Å². The number of methoxy groups -OCH3 is 2. The number of aromatic nitrogens is 1. The number of hydrogen-bond acceptors (Lipinski definition) is 4. The van der Waals surface area contributed by atoms with Crippen molar-refractivity contribution in [2.75, 3.05) is 33.9 Å². The van der Waals surface area contributed by atoms with E-state index in [0.717, 1.165) is 19.7 Å². The van der Waals surface area contributed by atoms with Crippen molar-refractivity contribution >= 4 is 0 Å². The minimum atomic E-state index is 0.676. The van der Waals surface area contributed by atoms with Crippen LogP contribution in [0.1, 0.15) is 18.4 Å². The molecule has 1 aromatic rings. The van der Waals surface area contributed by atoms with E-state index in [1.54, 1.807) is 14.2 Å². The van der Waals surface area contributed by atoms with Gasteiger partial charge in [-0.15, -0.1) is 0 Å². The zero-order valence-corrected chi connectivity index (χ0v) is 11.3. The maximum absolute atomic E-state index is 5.25. The maximum Gasteiger partial charge on any atom is 0.212 e. The monoisotopic (exact) mass is 250 g/mol. The Morgan fingerprint density at radius 2 is 2.28 bits per heavy atom. The smallest absolute Gasteiger partial charge is 0.212 e. The first-order valence-electron chi connectivity index (χ1n) is 6.52. The molecule has 1 aromatic heterocycles. The highest BCUT2D eigenvalue weighted by molar-refractivity contribution is 5.17. The molecule has 1 fully saturated rings.